The Kier molecular flexibility index (Phi) is 7.30. The Morgan fingerprint density at radius 1 is 1.00 bits per heavy atom. The lowest BCUT2D eigenvalue weighted by Gasteiger charge is -2.27. The molecule has 0 aromatic carbocycles. The maximum absolute atomic E-state index is 12.7. The zero-order valence-electron chi connectivity index (χ0n) is 17.8. The van der Waals surface area contributed by atoms with Crippen LogP contribution in [0.5, 0.6) is 0 Å². The third kappa shape index (κ3) is 7.55. The Hall–Kier alpha value is -2.81. The third-order valence-electron chi connectivity index (χ3n) is 3.19. The zero-order chi connectivity index (χ0) is 22.5. The van der Waals surface area contributed by atoms with E-state index in [9.17, 15) is 9.59 Å². The molecule has 2 heterocycles. The summed E-state index contributed by atoms with van der Waals surface area (Å²) in [6.45, 7) is 10.2. The highest BCUT2D eigenvalue weighted by Gasteiger charge is 2.34. The summed E-state index contributed by atoms with van der Waals surface area (Å²) in [6.07, 6.45) is 6.49. The van der Waals surface area contributed by atoms with E-state index in [1.165, 1.54) is 6.20 Å². The molecule has 0 aliphatic carbocycles. The lowest BCUT2D eigenvalue weighted by atomic mass is 10.2. The fourth-order valence-corrected chi connectivity index (χ4v) is 2.50. The first-order chi connectivity index (χ1) is 13.8. The van der Waals surface area contributed by atoms with E-state index in [0.717, 1.165) is 10.0 Å². The summed E-state index contributed by atoms with van der Waals surface area (Å²) >= 11 is 3.37. The van der Waals surface area contributed by atoms with E-state index in [1.54, 1.807) is 72.2 Å². The average Bonchev–Trinajstić information content (AvgIpc) is 2.57. The Bertz CT molecular complexity index is 921. The number of halogens is 1. The quantitative estimate of drug-likeness (QED) is 0.578. The number of nitrogens with zero attached hydrogens (tertiary/aromatic N) is 4. The van der Waals surface area contributed by atoms with E-state index in [1.807, 2.05) is 6.07 Å². The zero-order valence-corrected chi connectivity index (χ0v) is 19.4. The van der Waals surface area contributed by atoms with E-state index >= 15 is 0 Å². The van der Waals surface area contributed by atoms with Crippen molar-refractivity contribution in [1.82, 2.24) is 15.0 Å². The predicted octanol–water partition coefficient (Wildman–Crippen LogP) is 5.48. The van der Waals surface area contributed by atoms with Crippen LogP contribution in [0.4, 0.5) is 15.5 Å². The number of imide groups is 1. The number of hydrogen-bond donors (Lipinski definition) is 0. The predicted molar refractivity (Wildman–Crippen MR) is 118 cm³/mol. The Morgan fingerprint density at radius 2 is 1.60 bits per heavy atom. The van der Waals surface area contributed by atoms with Gasteiger partial charge in [0.1, 0.15) is 11.2 Å². The first-order valence-electron chi connectivity index (χ1n) is 9.22. The highest BCUT2D eigenvalue weighted by molar-refractivity contribution is 9.10. The highest BCUT2D eigenvalue weighted by atomic mass is 79.9. The standard InChI is InChI=1S/C21H25BrN4O4/c1-20(2,3)29-18(27)26(19(28)30-21(4,5)6)17-24-10-9-16(25-17)8-7-14-11-15(22)13-23-12-14/h7-13H,1-6H3/b8-7+. The first kappa shape index (κ1) is 23.5. The van der Waals surface area contributed by atoms with Crippen molar-refractivity contribution in [1.29, 1.82) is 0 Å². The second-order valence-corrected chi connectivity index (χ2v) is 9.26. The minimum absolute atomic E-state index is 0.145. The van der Waals surface area contributed by atoms with Crippen LogP contribution < -0.4 is 4.90 Å². The molecule has 0 fully saturated rings. The van der Waals surface area contributed by atoms with Crippen LogP contribution in [0.2, 0.25) is 0 Å². The molecule has 30 heavy (non-hydrogen) atoms. The van der Waals surface area contributed by atoms with Crippen molar-refractivity contribution in [2.24, 2.45) is 0 Å². The summed E-state index contributed by atoms with van der Waals surface area (Å²) in [6, 6.07) is 3.53. The lowest BCUT2D eigenvalue weighted by Crippen LogP contribution is -2.44. The molecule has 0 aliphatic rings. The van der Waals surface area contributed by atoms with Gasteiger partial charge in [0.05, 0.1) is 5.69 Å². The van der Waals surface area contributed by atoms with Gasteiger partial charge in [0.25, 0.3) is 0 Å². The second kappa shape index (κ2) is 9.34. The van der Waals surface area contributed by atoms with Gasteiger partial charge in [0.15, 0.2) is 0 Å². The van der Waals surface area contributed by atoms with Crippen molar-refractivity contribution in [3.8, 4) is 0 Å². The van der Waals surface area contributed by atoms with E-state index in [-0.39, 0.29) is 5.95 Å². The molecule has 0 N–H and O–H groups in total. The third-order valence-corrected chi connectivity index (χ3v) is 3.62. The minimum atomic E-state index is -0.922. The van der Waals surface area contributed by atoms with Crippen LogP contribution in [0.3, 0.4) is 0 Å². The Morgan fingerprint density at radius 3 is 2.13 bits per heavy atom. The molecule has 0 radical (unpaired) electrons. The number of hydrogen-bond acceptors (Lipinski definition) is 7. The summed E-state index contributed by atoms with van der Waals surface area (Å²) in [7, 11) is 0. The van der Waals surface area contributed by atoms with Gasteiger partial charge in [-0.1, -0.05) is 6.08 Å². The summed E-state index contributed by atoms with van der Waals surface area (Å²) in [5.41, 5.74) is -0.303. The van der Waals surface area contributed by atoms with Gasteiger partial charge >= 0.3 is 12.2 Å². The fourth-order valence-electron chi connectivity index (χ4n) is 2.12. The Labute approximate surface area is 184 Å². The van der Waals surface area contributed by atoms with Crippen LogP contribution in [-0.4, -0.2) is 38.3 Å². The molecule has 0 atom stereocenters. The first-order valence-corrected chi connectivity index (χ1v) is 10.0. The molecule has 2 aromatic rings. The maximum atomic E-state index is 12.7. The topological polar surface area (TPSA) is 94.5 Å². The van der Waals surface area contributed by atoms with Gasteiger partial charge in [-0.05, 0) is 81.2 Å². The number of carbonyl (C=O) groups is 2. The van der Waals surface area contributed by atoms with E-state index < -0.39 is 23.4 Å². The smallest absolute Gasteiger partial charge is 0.427 e. The molecule has 160 valence electrons. The molecule has 8 nitrogen and oxygen atoms in total. The molecule has 0 spiro atoms. The Balaban J connectivity index is 2.36. The second-order valence-electron chi connectivity index (χ2n) is 8.35. The number of aromatic nitrogens is 3. The molecular weight excluding hydrogens is 452 g/mol. The summed E-state index contributed by atoms with van der Waals surface area (Å²) in [5.74, 6) is -0.145. The molecule has 2 amide bonds. The summed E-state index contributed by atoms with van der Waals surface area (Å²) < 4.78 is 11.5. The van der Waals surface area contributed by atoms with Gasteiger partial charge in [-0.15, -0.1) is 4.90 Å². The van der Waals surface area contributed by atoms with Crippen LogP contribution in [0.15, 0.2) is 35.2 Å². The van der Waals surface area contributed by atoms with Gasteiger partial charge in [0, 0.05) is 23.1 Å². The monoisotopic (exact) mass is 476 g/mol. The average molecular weight is 477 g/mol. The fraction of sp³-hybridized carbons (Fsp3) is 0.381. The van der Waals surface area contributed by atoms with Crippen molar-refractivity contribution < 1.29 is 19.1 Å². The van der Waals surface area contributed by atoms with E-state index in [2.05, 4.69) is 30.9 Å². The normalized spacial score (nSPS) is 12.0. The van der Waals surface area contributed by atoms with Crippen molar-refractivity contribution in [3.05, 3.63) is 46.5 Å². The minimum Gasteiger partial charge on any atom is -0.443 e. The van der Waals surface area contributed by atoms with E-state index in [0.29, 0.717) is 10.6 Å². The lowest BCUT2D eigenvalue weighted by molar-refractivity contribution is 0.0427. The van der Waals surface area contributed by atoms with Crippen molar-refractivity contribution in [3.63, 3.8) is 0 Å². The number of carbonyl (C=O) groups excluding carboxylic acids is 2. The number of amides is 2. The highest BCUT2D eigenvalue weighted by Crippen LogP contribution is 2.19. The van der Waals surface area contributed by atoms with Crippen LogP contribution in [0, 0.1) is 0 Å². The SMILES string of the molecule is CC(C)(C)OC(=O)N(C(=O)OC(C)(C)C)c1nccc(/C=C/c2cncc(Br)c2)n1. The summed E-state index contributed by atoms with van der Waals surface area (Å²) in [4.78, 5) is 38.6. The van der Waals surface area contributed by atoms with Gasteiger partial charge in [-0.3, -0.25) is 4.98 Å². The molecule has 0 unspecified atom stereocenters. The van der Waals surface area contributed by atoms with Gasteiger partial charge in [0.2, 0.25) is 5.95 Å². The van der Waals surface area contributed by atoms with Crippen molar-refractivity contribution in [2.45, 2.75) is 52.7 Å². The van der Waals surface area contributed by atoms with Crippen molar-refractivity contribution in [2.75, 3.05) is 4.90 Å². The van der Waals surface area contributed by atoms with Gasteiger partial charge in [-0.25, -0.2) is 19.6 Å². The van der Waals surface area contributed by atoms with Crippen LogP contribution in [0.25, 0.3) is 12.2 Å². The molecule has 9 heteroatoms. The van der Waals surface area contributed by atoms with Crippen LogP contribution in [0.1, 0.15) is 52.8 Å². The molecule has 0 aliphatic heterocycles. The number of pyridine rings is 1. The number of ether oxygens (including phenoxy) is 2. The summed E-state index contributed by atoms with van der Waals surface area (Å²) in [5, 5.41) is 0. The maximum Gasteiger partial charge on any atom is 0.427 e. The molecule has 0 bridgehead atoms. The van der Waals surface area contributed by atoms with Crippen LogP contribution >= 0.6 is 15.9 Å². The van der Waals surface area contributed by atoms with Gasteiger partial charge < -0.3 is 9.47 Å². The van der Waals surface area contributed by atoms with Crippen LogP contribution in [-0.2, 0) is 9.47 Å². The number of anilines is 1. The van der Waals surface area contributed by atoms with E-state index in [4.69, 9.17) is 9.47 Å². The van der Waals surface area contributed by atoms with Crippen molar-refractivity contribution >= 4 is 46.2 Å². The molecular formula is C21H25BrN4O4. The van der Waals surface area contributed by atoms with Gasteiger partial charge in [-0.2, -0.15) is 0 Å². The molecule has 2 aromatic heterocycles. The number of rotatable bonds is 3. The molecule has 0 saturated heterocycles. The molecule has 2 rings (SSSR count). The largest absolute Gasteiger partial charge is 0.443 e. The molecule has 0 saturated carbocycles.